The lowest BCUT2D eigenvalue weighted by Crippen LogP contribution is -2.18. The normalized spacial score (nSPS) is 14.8. The van der Waals surface area contributed by atoms with Crippen LogP contribution in [-0.2, 0) is 0 Å². The molecular formula is C16H17ClN4O. The molecule has 1 aliphatic rings. The van der Waals surface area contributed by atoms with E-state index in [0.29, 0.717) is 16.8 Å². The summed E-state index contributed by atoms with van der Waals surface area (Å²) < 4.78 is 0. The average Bonchev–Trinajstić information content (AvgIpc) is 3.03. The molecule has 2 N–H and O–H groups in total. The summed E-state index contributed by atoms with van der Waals surface area (Å²) in [6.45, 7) is 0. The van der Waals surface area contributed by atoms with E-state index in [0.717, 1.165) is 5.82 Å². The summed E-state index contributed by atoms with van der Waals surface area (Å²) in [6, 6.07) is 10.9. The number of anilines is 2. The van der Waals surface area contributed by atoms with Gasteiger partial charge in [0, 0.05) is 16.8 Å². The summed E-state index contributed by atoms with van der Waals surface area (Å²) in [5.41, 5.74) is 0.955. The van der Waals surface area contributed by atoms with Gasteiger partial charge in [-0.2, -0.15) is 0 Å². The van der Waals surface area contributed by atoms with Crippen molar-refractivity contribution in [2.75, 3.05) is 10.6 Å². The first-order chi connectivity index (χ1) is 10.7. The Morgan fingerprint density at radius 3 is 2.41 bits per heavy atom. The molecule has 1 fully saturated rings. The van der Waals surface area contributed by atoms with Gasteiger partial charge in [0.05, 0.1) is 0 Å². The van der Waals surface area contributed by atoms with E-state index >= 15 is 0 Å². The van der Waals surface area contributed by atoms with Crippen LogP contribution in [0.3, 0.4) is 0 Å². The Hall–Kier alpha value is -2.14. The molecule has 0 atom stereocenters. The minimum Gasteiger partial charge on any atom is -0.366 e. The lowest BCUT2D eigenvalue weighted by molar-refractivity contribution is 0.102. The predicted molar refractivity (Wildman–Crippen MR) is 87.3 cm³/mol. The second-order valence-electron chi connectivity index (χ2n) is 5.39. The van der Waals surface area contributed by atoms with Crippen LogP contribution in [0.25, 0.3) is 0 Å². The summed E-state index contributed by atoms with van der Waals surface area (Å²) >= 11 is 5.81. The van der Waals surface area contributed by atoms with E-state index < -0.39 is 0 Å². The van der Waals surface area contributed by atoms with Crippen LogP contribution in [0.2, 0.25) is 5.02 Å². The summed E-state index contributed by atoms with van der Waals surface area (Å²) in [4.78, 5) is 12.1. The number of halogens is 1. The van der Waals surface area contributed by atoms with Crippen LogP contribution in [0.5, 0.6) is 0 Å². The molecule has 0 radical (unpaired) electrons. The van der Waals surface area contributed by atoms with Crippen molar-refractivity contribution in [3.8, 4) is 0 Å². The Morgan fingerprint density at radius 1 is 1.05 bits per heavy atom. The molecule has 22 heavy (non-hydrogen) atoms. The molecule has 0 spiro atoms. The molecule has 1 saturated carbocycles. The molecule has 0 aliphatic heterocycles. The molecule has 6 heteroatoms. The maximum absolute atomic E-state index is 12.1. The number of carbonyl (C=O) groups is 1. The van der Waals surface area contributed by atoms with Crippen molar-refractivity contribution in [1.82, 2.24) is 10.2 Å². The van der Waals surface area contributed by atoms with Crippen molar-refractivity contribution in [3.63, 3.8) is 0 Å². The highest BCUT2D eigenvalue weighted by atomic mass is 35.5. The van der Waals surface area contributed by atoms with Gasteiger partial charge < -0.3 is 10.6 Å². The molecule has 1 amide bonds. The topological polar surface area (TPSA) is 66.9 Å². The van der Waals surface area contributed by atoms with E-state index in [4.69, 9.17) is 11.6 Å². The van der Waals surface area contributed by atoms with E-state index in [1.807, 2.05) is 0 Å². The van der Waals surface area contributed by atoms with Crippen molar-refractivity contribution in [1.29, 1.82) is 0 Å². The van der Waals surface area contributed by atoms with Crippen molar-refractivity contribution in [3.05, 3.63) is 47.1 Å². The molecular weight excluding hydrogens is 300 g/mol. The van der Waals surface area contributed by atoms with Crippen LogP contribution in [0.15, 0.2) is 36.4 Å². The number of aromatic nitrogens is 2. The quantitative estimate of drug-likeness (QED) is 0.901. The fourth-order valence-electron chi connectivity index (χ4n) is 2.54. The third kappa shape index (κ3) is 3.74. The maximum atomic E-state index is 12.1. The van der Waals surface area contributed by atoms with Crippen LogP contribution in [0.1, 0.15) is 36.2 Å². The third-order valence-electron chi connectivity index (χ3n) is 3.71. The van der Waals surface area contributed by atoms with Gasteiger partial charge in [-0.05, 0) is 49.2 Å². The Morgan fingerprint density at radius 2 is 1.77 bits per heavy atom. The van der Waals surface area contributed by atoms with Crippen molar-refractivity contribution < 1.29 is 4.79 Å². The van der Waals surface area contributed by atoms with Gasteiger partial charge in [-0.1, -0.05) is 24.4 Å². The number of hydrogen-bond acceptors (Lipinski definition) is 4. The zero-order valence-corrected chi connectivity index (χ0v) is 12.8. The number of amides is 1. The number of carbonyl (C=O) groups excluding carboxylic acids is 1. The SMILES string of the molecule is O=C(Nc1ccc(Cl)cc1)c1ccc(NC2CCCC2)nn1. The summed E-state index contributed by atoms with van der Waals surface area (Å²) in [5.74, 6) is 0.428. The van der Waals surface area contributed by atoms with E-state index in [9.17, 15) is 4.79 Å². The highest BCUT2D eigenvalue weighted by molar-refractivity contribution is 6.30. The van der Waals surface area contributed by atoms with Gasteiger partial charge in [0.1, 0.15) is 5.82 Å². The van der Waals surface area contributed by atoms with Crippen molar-refractivity contribution >= 4 is 29.0 Å². The molecule has 0 saturated heterocycles. The van der Waals surface area contributed by atoms with Gasteiger partial charge in [0.25, 0.3) is 5.91 Å². The molecule has 114 valence electrons. The van der Waals surface area contributed by atoms with E-state index in [1.165, 1.54) is 25.7 Å². The van der Waals surface area contributed by atoms with E-state index in [-0.39, 0.29) is 11.6 Å². The summed E-state index contributed by atoms with van der Waals surface area (Å²) in [7, 11) is 0. The van der Waals surface area contributed by atoms with E-state index in [1.54, 1.807) is 36.4 Å². The Bertz CT molecular complexity index is 636. The molecule has 0 bridgehead atoms. The monoisotopic (exact) mass is 316 g/mol. The fourth-order valence-corrected chi connectivity index (χ4v) is 2.66. The Kier molecular flexibility index (Phi) is 4.53. The van der Waals surface area contributed by atoms with Crippen LogP contribution in [0, 0.1) is 0 Å². The number of benzene rings is 1. The van der Waals surface area contributed by atoms with Gasteiger partial charge in [-0.3, -0.25) is 4.79 Å². The Labute approximate surface area is 134 Å². The Balaban J connectivity index is 1.61. The largest absolute Gasteiger partial charge is 0.366 e. The maximum Gasteiger partial charge on any atom is 0.276 e. The van der Waals surface area contributed by atoms with Crippen LogP contribution in [-0.4, -0.2) is 22.1 Å². The first kappa shape index (κ1) is 14.8. The van der Waals surface area contributed by atoms with Crippen LogP contribution < -0.4 is 10.6 Å². The molecule has 1 aromatic carbocycles. The second-order valence-corrected chi connectivity index (χ2v) is 5.83. The number of rotatable bonds is 4. The molecule has 1 aliphatic carbocycles. The molecule has 0 unspecified atom stereocenters. The van der Waals surface area contributed by atoms with E-state index in [2.05, 4.69) is 20.8 Å². The van der Waals surface area contributed by atoms with Gasteiger partial charge >= 0.3 is 0 Å². The predicted octanol–water partition coefficient (Wildman–Crippen LogP) is 3.74. The summed E-state index contributed by atoms with van der Waals surface area (Å²) in [5, 5.41) is 14.8. The third-order valence-corrected chi connectivity index (χ3v) is 3.96. The number of nitrogens with zero attached hydrogens (tertiary/aromatic N) is 2. The van der Waals surface area contributed by atoms with Crippen molar-refractivity contribution in [2.45, 2.75) is 31.7 Å². The number of hydrogen-bond donors (Lipinski definition) is 2. The fraction of sp³-hybridized carbons (Fsp3) is 0.312. The summed E-state index contributed by atoms with van der Waals surface area (Å²) in [6.07, 6.45) is 4.85. The lowest BCUT2D eigenvalue weighted by atomic mass is 10.2. The number of nitrogens with one attached hydrogen (secondary N) is 2. The van der Waals surface area contributed by atoms with Crippen LogP contribution in [0.4, 0.5) is 11.5 Å². The first-order valence-electron chi connectivity index (χ1n) is 7.38. The average molecular weight is 317 g/mol. The molecule has 2 aromatic rings. The van der Waals surface area contributed by atoms with Crippen LogP contribution >= 0.6 is 11.6 Å². The molecule has 1 aromatic heterocycles. The second kappa shape index (κ2) is 6.75. The van der Waals surface area contributed by atoms with Crippen molar-refractivity contribution in [2.24, 2.45) is 0 Å². The van der Waals surface area contributed by atoms with Gasteiger partial charge in [0.2, 0.25) is 0 Å². The lowest BCUT2D eigenvalue weighted by Gasteiger charge is -2.11. The molecule has 5 nitrogen and oxygen atoms in total. The minimum atomic E-state index is -0.290. The smallest absolute Gasteiger partial charge is 0.276 e. The van der Waals surface area contributed by atoms with Gasteiger partial charge in [-0.15, -0.1) is 10.2 Å². The first-order valence-corrected chi connectivity index (χ1v) is 7.76. The highest BCUT2D eigenvalue weighted by Gasteiger charge is 2.15. The standard InChI is InChI=1S/C16H17ClN4O/c17-11-5-7-13(8-6-11)19-16(22)14-9-10-15(21-20-14)18-12-3-1-2-4-12/h5-10,12H,1-4H2,(H,18,21)(H,19,22). The minimum absolute atomic E-state index is 0.284. The van der Waals surface area contributed by atoms with Gasteiger partial charge in [-0.25, -0.2) is 0 Å². The molecule has 3 rings (SSSR count). The zero-order chi connectivity index (χ0) is 15.4. The van der Waals surface area contributed by atoms with Gasteiger partial charge in [0.15, 0.2) is 5.69 Å². The zero-order valence-electron chi connectivity index (χ0n) is 12.1. The highest BCUT2D eigenvalue weighted by Crippen LogP contribution is 2.21. The molecule has 1 heterocycles.